The van der Waals surface area contributed by atoms with Gasteiger partial charge < -0.3 is 20.5 Å². The third-order valence-corrected chi connectivity index (χ3v) is 3.22. The summed E-state index contributed by atoms with van der Waals surface area (Å²) >= 11 is 1.67. The van der Waals surface area contributed by atoms with Gasteiger partial charge in [-0.2, -0.15) is 11.8 Å². The molecule has 2 amide bonds. The van der Waals surface area contributed by atoms with Crippen LogP contribution < -0.4 is 15.4 Å². The molecule has 1 aromatic carbocycles. The number of anilines is 1. The second-order valence-corrected chi connectivity index (χ2v) is 5.07. The van der Waals surface area contributed by atoms with Gasteiger partial charge in [-0.05, 0) is 12.1 Å². The van der Waals surface area contributed by atoms with Crippen LogP contribution in [0.3, 0.4) is 0 Å². The number of carbonyl (C=O) groups is 2. The zero-order chi connectivity index (χ0) is 15.5. The molecule has 0 saturated heterocycles. The van der Waals surface area contributed by atoms with Gasteiger partial charge in [-0.3, -0.25) is 0 Å². The van der Waals surface area contributed by atoms with E-state index in [1.54, 1.807) is 42.1 Å². The number of benzene rings is 1. The zero-order valence-electron chi connectivity index (χ0n) is 11.5. The number of hydrogen-bond acceptors (Lipinski definition) is 4. The zero-order valence-corrected chi connectivity index (χ0v) is 12.3. The van der Waals surface area contributed by atoms with Gasteiger partial charge in [-0.25, -0.2) is 9.59 Å². The standard InChI is InChI=1S/C14H18N2O4S/c1-2-8-21-9-7-15-14(19)16-11-5-3-4-6-12(11)20-10-13(17)18/h2-6H,1,7-10H2,(H,17,18)(H2,15,16,19). The third kappa shape index (κ3) is 7.26. The molecule has 0 aliphatic heterocycles. The number of carbonyl (C=O) groups excluding carboxylic acids is 1. The van der Waals surface area contributed by atoms with Gasteiger partial charge in [0.25, 0.3) is 0 Å². The number of urea groups is 1. The quantitative estimate of drug-likeness (QED) is 0.481. The van der Waals surface area contributed by atoms with Crippen molar-refractivity contribution in [2.45, 2.75) is 0 Å². The van der Waals surface area contributed by atoms with Crippen molar-refractivity contribution in [3.05, 3.63) is 36.9 Å². The lowest BCUT2D eigenvalue weighted by Gasteiger charge is -2.11. The number of ether oxygens (including phenoxy) is 1. The Bertz CT molecular complexity index is 494. The molecule has 1 rings (SSSR count). The van der Waals surface area contributed by atoms with Crippen molar-refractivity contribution in [3.8, 4) is 5.75 Å². The summed E-state index contributed by atoms with van der Waals surface area (Å²) in [4.78, 5) is 22.2. The van der Waals surface area contributed by atoms with Gasteiger partial charge in [0, 0.05) is 18.1 Å². The molecule has 1 aromatic rings. The number of rotatable bonds is 9. The summed E-state index contributed by atoms with van der Waals surface area (Å²) < 4.78 is 5.10. The van der Waals surface area contributed by atoms with Gasteiger partial charge >= 0.3 is 12.0 Å². The molecule has 0 aliphatic carbocycles. The van der Waals surface area contributed by atoms with Gasteiger partial charge in [-0.1, -0.05) is 18.2 Å². The summed E-state index contributed by atoms with van der Waals surface area (Å²) in [5.41, 5.74) is 0.426. The third-order valence-electron chi connectivity index (χ3n) is 2.25. The van der Waals surface area contributed by atoms with Gasteiger partial charge in [0.15, 0.2) is 6.61 Å². The highest BCUT2D eigenvalue weighted by Crippen LogP contribution is 2.23. The summed E-state index contributed by atoms with van der Waals surface area (Å²) in [6.45, 7) is 3.68. The Labute approximate surface area is 127 Å². The highest BCUT2D eigenvalue weighted by Gasteiger charge is 2.08. The SMILES string of the molecule is C=CCSCCNC(=O)Nc1ccccc1OCC(=O)O. The Kier molecular flexibility index (Phi) is 7.81. The summed E-state index contributed by atoms with van der Waals surface area (Å²) in [7, 11) is 0. The van der Waals surface area contributed by atoms with E-state index in [0.717, 1.165) is 11.5 Å². The highest BCUT2D eigenvalue weighted by molar-refractivity contribution is 7.99. The Morgan fingerprint density at radius 3 is 2.86 bits per heavy atom. The first-order valence-corrected chi connectivity index (χ1v) is 7.46. The van der Waals surface area contributed by atoms with Crippen LogP contribution >= 0.6 is 11.8 Å². The Balaban J connectivity index is 2.44. The minimum absolute atomic E-state index is 0.316. The maximum Gasteiger partial charge on any atom is 0.341 e. The molecule has 0 unspecified atom stereocenters. The topological polar surface area (TPSA) is 87.7 Å². The van der Waals surface area contributed by atoms with E-state index in [-0.39, 0.29) is 6.03 Å². The van der Waals surface area contributed by atoms with Crippen molar-refractivity contribution in [1.82, 2.24) is 5.32 Å². The van der Waals surface area contributed by atoms with Crippen molar-refractivity contribution in [2.24, 2.45) is 0 Å². The van der Waals surface area contributed by atoms with Crippen LogP contribution in [0, 0.1) is 0 Å². The van der Waals surface area contributed by atoms with Crippen LogP contribution in [0.2, 0.25) is 0 Å². The molecule has 6 nitrogen and oxygen atoms in total. The fraction of sp³-hybridized carbons (Fsp3) is 0.286. The maximum absolute atomic E-state index is 11.7. The Hall–Kier alpha value is -2.15. The molecule has 0 spiro atoms. The van der Waals surface area contributed by atoms with Crippen molar-refractivity contribution in [3.63, 3.8) is 0 Å². The van der Waals surface area contributed by atoms with E-state index in [1.807, 2.05) is 0 Å². The summed E-state index contributed by atoms with van der Waals surface area (Å²) in [5.74, 6) is 0.871. The second kappa shape index (κ2) is 9.71. The van der Waals surface area contributed by atoms with Crippen LogP contribution in [0.4, 0.5) is 10.5 Å². The van der Waals surface area contributed by atoms with Gasteiger partial charge in [0.05, 0.1) is 5.69 Å². The molecule has 0 bridgehead atoms. The number of aliphatic carboxylic acids is 1. The summed E-state index contributed by atoms with van der Waals surface area (Å²) in [6.07, 6.45) is 1.81. The lowest BCUT2D eigenvalue weighted by Crippen LogP contribution is -2.30. The summed E-state index contributed by atoms with van der Waals surface area (Å²) in [5, 5.41) is 13.9. The van der Waals surface area contributed by atoms with Gasteiger partial charge in [0.1, 0.15) is 5.75 Å². The number of carboxylic acids is 1. The predicted octanol–water partition coefficient (Wildman–Crippen LogP) is 2.19. The van der Waals surface area contributed by atoms with Crippen LogP contribution in [0.5, 0.6) is 5.75 Å². The van der Waals surface area contributed by atoms with E-state index < -0.39 is 12.6 Å². The van der Waals surface area contributed by atoms with Crippen molar-refractivity contribution < 1.29 is 19.4 Å². The summed E-state index contributed by atoms with van der Waals surface area (Å²) in [6, 6.07) is 6.30. The fourth-order valence-corrected chi connectivity index (χ4v) is 1.98. The van der Waals surface area contributed by atoms with E-state index in [0.29, 0.717) is 18.0 Å². The number of thioether (sulfide) groups is 1. The first-order chi connectivity index (χ1) is 10.1. The van der Waals surface area contributed by atoms with Gasteiger partial charge in [0.2, 0.25) is 0 Å². The molecule has 0 aromatic heterocycles. The van der Waals surface area contributed by atoms with Crippen LogP contribution in [0.15, 0.2) is 36.9 Å². The fourth-order valence-electron chi connectivity index (χ4n) is 1.41. The van der Waals surface area contributed by atoms with Crippen LogP contribution in [0.1, 0.15) is 0 Å². The molecule has 3 N–H and O–H groups in total. The van der Waals surface area contributed by atoms with E-state index in [2.05, 4.69) is 17.2 Å². The first-order valence-electron chi connectivity index (χ1n) is 6.30. The second-order valence-electron chi connectivity index (χ2n) is 3.92. The Morgan fingerprint density at radius 1 is 1.38 bits per heavy atom. The number of para-hydroxylation sites is 2. The number of amides is 2. The van der Waals surface area contributed by atoms with Crippen molar-refractivity contribution in [1.29, 1.82) is 0 Å². The average molecular weight is 310 g/mol. The molecule has 21 heavy (non-hydrogen) atoms. The minimum atomic E-state index is -1.08. The van der Waals surface area contributed by atoms with Gasteiger partial charge in [-0.15, -0.1) is 6.58 Å². The molecule has 0 heterocycles. The smallest absolute Gasteiger partial charge is 0.341 e. The van der Waals surface area contributed by atoms with Crippen LogP contribution in [0.25, 0.3) is 0 Å². The molecule has 0 aliphatic rings. The minimum Gasteiger partial charge on any atom is -0.480 e. The predicted molar refractivity (Wildman–Crippen MR) is 84.1 cm³/mol. The van der Waals surface area contributed by atoms with E-state index in [4.69, 9.17) is 9.84 Å². The van der Waals surface area contributed by atoms with E-state index >= 15 is 0 Å². The lowest BCUT2D eigenvalue weighted by atomic mass is 10.3. The normalized spacial score (nSPS) is 9.71. The highest BCUT2D eigenvalue weighted by atomic mass is 32.2. The lowest BCUT2D eigenvalue weighted by molar-refractivity contribution is -0.139. The average Bonchev–Trinajstić information content (AvgIpc) is 2.46. The molecule has 0 radical (unpaired) electrons. The molecule has 7 heteroatoms. The number of carboxylic acid groups (broad SMARTS) is 1. The largest absolute Gasteiger partial charge is 0.480 e. The van der Waals surface area contributed by atoms with Crippen LogP contribution in [-0.2, 0) is 4.79 Å². The van der Waals surface area contributed by atoms with E-state index in [1.165, 1.54) is 0 Å². The van der Waals surface area contributed by atoms with Crippen molar-refractivity contribution >= 4 is 29.4 Å². The maximum atomic E-state index is 11.7. The monoisotopic (exact) mass is 310 g/mol. The number of hydrogen-bond donors (Lipinski definition) is 3. The molecule has 0 atom stereocenters. The molecule has 0 fully saturated rings. The molecular weight excluding hydrogens is 292 g/mol. The molecule has 0 saturated carbocycles. The molecule has 114 valence electrons. The Morgan fingerprint density at radius 2 is 2.14 bits per heavy atom. The van der Waals surface area contributed by atoms with Crippen LogP contribution in [-0.4, -0.2) is 41.8 Å². The molecular formula is C14H18N2O4S. The van der Waals surface area contributed by atoms with E-state index in [9.17, 15) is 9.59 Å². The first kappa shape index (κ1) is 16.9. The van der Waals surface area contributed by atoms with Crippen molar-refractivity contribution in [2.75, 3.05) is 30.0 Å². The number of nitrogens with one attached hydrogen (secondary N) is 2.